The van der Waals surface area contributed by atoms with Crippen LogP contribution < -0.4 is 9.47 Å². The molecule has 0 bridgehead atoms. The van der Waals surface area contributed by atoms with Gasteiger partial charge in [-0.05, 0) is 68.2 Å². The van der Waals surface area contributed by atoms with Crippen LogP contribution in [0.15, 0.2) is 42.7 Å². The predicted molar refractivity (Wildman–Crippen MR) is 108 cm³/mol. The molecule has 5 nitrogen and oxygen atoms in total. The molecule has 1 aliphatic heterocycles. The number of likely N-dealkylation sites (N-methyl/N-ethyl adjacent to an activating group) is 1. The molecule has 0 amide bonds. The lowest BCUT2D eigenvalue weighted by atomic mass is 10.0. The maximum absolute atomic E-state index is 5.42. The summed E-state index contributed by atoms with van der Waals surface area (Å²) in [4.78, 5) is 9.19. The fourth-order valence-electron chi connectivity index (χ4n) is 3.81. The normalized spacial score (nSPS) is 17.9. The number of ether oxygens (including phenoxy) is 2. The van der Waals surface area contributed by atoms with Gasteiger partial charge in [0.25, 0.3) is 0 Å². The Balaban J connectivity index is 1.52. The molecule has 0 saturated carbocycles. The number of hydrogen-bond acceptors (Lipinski definition) is 5. The molecule has 1 saturated heterocycles. The van der Waals surface area contributed by atoms with E-state index in [9.17, 15) is 0 Å². The fourth-order valence-corrected chi connectivity index (χ4v) is 3.81. The summed E-state index contributed by atoms with van der Waals surface area (Å²) in [5, 5.41) is 0. The number of methoxy groups -OCH3 is 2. The topological polar surface area (TPSA) is 37.8 Å². The molecule has 1 aromatic carbocycles. The van der Waals surface area contributed by atoms with Crippen molar-refractivity contribution in [3.05, 3.63) is 53.9 Å². The lowest BCUT2D eigenvalue weighted by Gasteiger charge is -2.37. The highest BCUT2D eigenvalue weighted by molar-refractivity contribution is 5.42. The van der Waals surface area contributed by atoms with Crippen LogP contribution in [0.25, 0.3) is 0 Å². The van der Waals surface area contributed by atoms with Gasteiger partial charge in [0.15, 0.2) is 11.5 Å². The van der Waals surface area contributed by atoms with Gasteiger partial charge in [-0.1, -0.05) is 6.07 Å². The van der Waals surface area contributed by atoms with E-state index < -0.39 is 0 Å². The van der Waals surface area contributed by atoms with E-state index in [1.807, 2.05) is 18.5 Å². The summed E-state index contributed by atoms with van der Waals surface area (Å²) in [6.45, 7) is 4.37. The molecule has 0 N–H and O–H groups in total. The first-order valence-electron chi connectivity index (χ1n) is 9.72. The fraction of sp³-hybridized carbons (Fsp3) is 0.500. The van der Waals surface area contributed by atoms with E-state index in [0.717, 1.165) is 37.6 Å². The van der Waals surface area contributed by atoms with E-state index in [1.54, 1.807) is 14.2 Å². The third kappa shape index (κ3) is 5.44. The number of piperidine rings is 1. The van der Waals surface area contributed by atoms with Crippen molar-refractivity contribution in [2.24, 2.45) is 0 Å². The van der Waals surface area contributed by atoms with Gasteiger partial charge in [-0.3, -0.25) is 9.88 Å². The van der Waals surface area contributed by atoms with E-state index in [2.05, 4.69) is 46.1 Å². The largest absolute Gasteiger partial charge is 0.493 e. The van der Waals surface area contributed by atoms with Crippen LogP contribution in [0.1, 0.15) is 24.0 Å². The van der Waals surface area contributed by atoms with Crippen molar-refractivity contribution in [3.8, 4) is 11.5 Å². The summed E-state index contributed by atoms with van der Waals surface area (Å²) in [7, 11) is 5.61. The van der Waals surface area contributed by atoms with E-state index in [-0.39, 0.29) is 0 Å². The first-order chi connectivity index (χ1) is 13.2. The summed E-state index contributed by atoms with van der Waals surface area (Å²) in [5.41, 5.74) is 2.63. The Kier molecular flexibility index (Phi) is 7.07. The number of pyridine rings is 1. The molecule has 2 heterocycles. The van der Waals surface area contributed by atoms with Gasteiger partial charge < -0.3 is 14.4 Å². The molecule has 27 heavy (non-hydrogen) atoms. The van der Waals surface area contributed by atoms with Crippen molar-refractivity contribution in [1.82, 2.24) is 14.8 Å². The first-order valence-corrected chi connectivity index (χ1v) is 9.72. The molecule has 1 aromatic heterocycles. The SMILES string of the molecule is COc1ccc(CCN(C)C2CCCN(Cc3ccncc3)C2)cc1OC. The zero-order chi connectivity index (χ0) is 19.1. The Morgan fingerprint density at radius 1 is 1.07 bits per heavy atom. The monoisotopic (exact) mass is 369 g/mol. The van der Waals surface area contributed by atoms with Crippen LogP contribution in [0, 0.1) is 0 Å². The summed E-state index contributed by atoms with van der Waals surface area (Å²) in [5.74, 6) is 1.59. The van der Waals surface area contributed by atoms with Crippen LogP contribution in [0.5, 0.6) is 11.5 Å². The van der Waals surface area contributed by atoms with E-state index in [4.69, 9.17) is 9.47 Å². The molecule has 1 aliphatic rings. The second kappa shape index (κ2) is 9.72. The van der Waals surface area contributed by atoms with Crippen LogP contribution in [-0.4, -0.2) is 61.7 Å². The van der Waals surface area contributed by atoms with E-state index in [1.165, 1.54) is 30.5 Å². The molecule has 1 fully saturated rings. The third-order valence-corrected chi connectivity index (χ3v) is 5.46. The van der Waals surface area contributed by atoms with E-state index in [0.29, 0.717) is 6.04 Å². The van der Waals surface area contributed by atoms with Gasteiger partial charge in [-0.15, -0.1) is 0 Å². The van der Waals surface area contributed by atoms with Crippen molar-refractivity contribution in [2.45, 2.75) is 31.8 Å². The summed E-state index contributed by atoms with van der Waals surface area (Å²) >= 11 is 0. The van der Waals surface area contributed by atoms with Crippen molar-refractivity contribution in [2.75, 3.05) is 40.9 Å². The molecule has 0 spiro atoms. The molecular weight excluding hydrogens is 338 g/mol. The Morgan fingerprint density at radius 2 is 1.85 bits per heavy atom. The van der Waals surface area contributed by atoms with Gasteiger partial charge in [-0.2, -0.15) is 0 Å². The molecule has 5 heteroatoms. The minimum atomic E-state index is 0.612. The average molecular weight is 370 g/mol. The zero-order valence-corrected chi connectivity index (χ0v) is 16.7. The number of nitrogens with zero attached hydrogens (tertiary/aromatic N) is 3. The van der Waals surface area contributed by atoms with Gasteiger partial charge in [0.05, 0.1) is 14.2 Å². The van der Waals surface area contributed by atoms with Gasteiger partial charge in [-0.25, -0.2) is 0 Å². The van der Waals surface area contributed by atoms with Gasteiger partial charge in [0, 0.05) is 38.1 Å². The average Bonchev–Trinajstić information content (AvgIpc) is 2.72. The number of benzene rings is 1. The van der Waals surface area contributed by atoms with Crippen LogP contribution in [0.3, 0.4) is 0 Å². The Bertz CT molecular complexity index is 708. The Hall–Kier alpha value is -2.11. The minimum Gasteiger partial charge on any atom is -0.493 e. The van der Waals surface area contributed by atoms with Gasteiger partial charge in [0.2, 0.25) is 0 Å². The quantitative estimate of drug-likeness (QED) is 0.714. The predicted octanol–water partition coefficient (Wildman–Crippen LogP) is 3.24. The highest BCUT2D eigenvalue weighted by atomic mass is 16.5. The molecule has 3 rings (SSSR count). The maximum atomic E-state index is 5.42. The highest BCUT2D eigenvalue weighted by Crippen LogP contribution is 2.28. The number of rotatable bonds is 8. The van der Waals surface area contributed by atoms with Crippen molar-refractivity contribution in [1.29, 1.82) is 0 Å². The smallest absolute Gasteiger partial charge is 0.160 e. The zero-order valence-electron chi connectivity index (χ0n) is 16.7. The Labute approximate surface area is 162 Å². The molecule has 2 aromatic rings. The van der Waals surface area contributed by atoms with Crippen LogP contribution in [0.4, 0.5) is 0 Å². The second-order valence-corrected chi connectivity index (χ2v) is 7.31. The van der Waals surface area contributed by atoms with Crippen molar-refractivity contribution >= 4 is 0 Å². The second-order valence-electron chi connectivity index (χ2n) is 7.31. The standard InChI is InChI=1S/C22H31N3O2/c1-24(14-10-18-6-7-21(26-2)22(15-18)27-3)20-5-4-13-25(17-20)16-19-8-11-23-12-9-19/h6-9,11-12,15,20H,4-5,10,13-14,16-17H2,1-3H3. The Morgan fingerprint density at radius 3 is 2.59 bits per heavy atom. The lowest BCUT2D eigenvalue weighted by Crippen LogP contribution is -2.46. The molecule has 0 radical (unpaired) electrons. The number of hydrogen-bond donors (Lipinski definition) is 0. The summed E-state index contributed by atoms with van der Waals surface area (Å²) in [6, 6.07) is 11.1. The summed E-state index contributed by atoms with van der Waals surface area (Å²) in [6.07, 6.45) is 7.31. The van der Waals surface area contributed by atoms with Crippen LogP contribution in [0.2, 0.25) is 0 Å². The van der Waals surface area contributed by atoms with Crippen molar-refractivity contribution < 1.29 is 9.47 Å². The number of likely N-dealkylation sites (tertiary alicyclic amines) is 1. The van der Waals surface area contributed by atoms with Crippen LogP contribution >= 0.6 is 0 Å². The van der Waals surface area contributed by atoms with E-state index >= 15 is 0 Å². The first kappa shape index (κ1) is 19.6. The van der Waals surface area contributed by atoms with Gasteiger partial charge in [0.1, 0.15) is 0 Å². The minimum absolute atomic E-state index is 0.612. The maximum Gasteiger partial charge on any atom is 0.160 e. The molecule has 1 unspecified atom stereocenters. The summed E-state index contributed by atoms with van der Waals surface area (Å²) < 4.78 is 10.7. The lowest BCUT2D eigenvalue weighted by molar-refractivity contribution is 0.112. The molecule has 146 valence electrons. The highest BCUT2D eigenvalue weighted by Gasteiger charge is 2.23. The molecule has 0 aliphatic carbocycles. The van der Waals surface area contributed by atoms with Gasteiger partial charge >= 0.3 is 0 Å². The molecular formula is C22H31N3O2. The van der Waals surface area contributed by atoms with Crippen molar-refractivity contribution in [3.63, 3.8) is 0 Å². The number of aromatic nitrogens is 1. The molecule has 1 atom stereocenters. The third-order valence-electron chi connectivity index (χ3n) is 5.46. The van der Waals surface area contributed by atoms with Crippen LogP contribution in [-0.2, 0) is 13.0 Å².